The number of esters is 1. The minimum Gasteiger partial charge on any atom is -0.465 e. The molecular formula is C19H16N2O3. The van der Waals surface area contributed by atoms with E-state index < -0.39 is 5.97 Å². The van der Waals surface area contributed by atoms with Gasteiger partial charge in [-0.1, -0.05) is 36.4 Å². The van der Waals surface area contributed by atoms with Gasteiger partial charge in [0.05, 0.1) is 17.6 Å². The number of rotatable bonds is 3. The molecule has 0 amide bonds. The number of para-hydroxylation sites is 1. The predicted molar refractivity (Wildman–Crippen MR) is 94.2 cm³/mol. The van der Waals surface area contributed by atoms with Crippen LogP contribution in [0.1, 0.15) is 6.92 Å². The van der Waals surface area contributed by atoms with Crippen LogP contribution in [0.4, 0.5) is 0 Å². The summed E-state index contributed by atoms with van der Waals surface area (Å²) >= 11 is 0. The number of aromatic nitrogens is 2. The maximum Gasteiger partial charge on any atom is 0.326 e. The summed E-state index contributed by atoms with van der Waals surface area (Å²) in [5.41, 5.74) is 2.34. The van der Waals surface area contributed by atoms with E-state index in [4.69, 9.17) is 4.74 Å². The molecule has 0 bridgehead atoms. The molecule has 0 spiro atoms. The number of fused-ring (bicyclic) bond motifs is 5. The lowest BCUT2D eigenvalue weighted by Crippen LogP contribution is -2.25. The summed E-state index contributed by atoms with van der Waals surface area (Å²) in [6.07, 6.45) is 0. The molecule has 0 fully saturated rings. The molecule has 0 saturated carbocycles. The number of aromatic amines is 1. The highest BCUT2D eigenvalue weighted by atomic mass is 16.5. The van der Waals surface area contributed by atoms with E-state index in [2.05, 4.69) is 4.98 Å². The molecule has 0 aliphatic rings. The van der Waals surface area contributed by atoms with Crippen LogP contribution in [-0.4, -0.2) is 22.1 Å². The maximum absolute atomic E-state index is 13.0. The lowest BCUT2D eigenvalue weighted by molar-refractivity contribution is -0.143. The smallest absolute Gasteiger partial charge is 0.326 e. The predicted octanol–water partition coefficient (Wildman–Crippen LogP) is 3.20. The Kier molecular flexibility index (Phi) is 3.34. The van der Waals surface area contributed by atoms with Gasteiger partial charge in [0.1, 0.15) is 6.54 Å². The molecule has 0 unspecified atom stereocenters. The van der Waals surface area contributed by atoms with Crippen LogP contribution in [0.3, 0.4) is 0 Å². The Morgan fingerprint density at radius 2 is 1.71 bits per heavy atom. The van der Waals surface area contributed by atoms with E-state index in [9.17, 15) is 9.59 Å². The number of hydrogen-bond donors (Lipinski definition) is 1. The van der Waals surface area contributed by atoms with E-state index in [-0.39, 0.29) is 18.7 Å². The van der Waals surface area contributed by atoms with Gasteiger partial charge in [0.15, 0.2) is 0 Å². The van der Waals surface area contributed by atoms with Crippen LogP contribution in [-0.2, 0) is 16.1 Å². The molecule has 2 aromatic heterocycles. The minimum atomic E-state index is -0.415. The van der Waals surface area contributed by atoms with Gasteiger partial charge in [-0.2, -0.15) is 0 Å². The summed E-state index contributed by atoms with van der Waals surface area (Å²) in [6.45, 7) is 1.94. The molecule has 4 aromatic rings. The monoisotopic (exact) mass is 320 g/mol. The number of carbonyl (C=O) groups excluding carboxylic acids is 1. The van der Waals surface area contributed by atoms with Gasteiger partial charge >= 0.3 is 5.97 Å². The van der Waals surface area contributed by atoms with Crippen molar-refractivity contribution in [1.29, 1.82) is 0 Å². The van der Waals surface area contributed by atoms with E-state index >= 15 is 0 Å². The molecule has 0 saturated heterocycles. The average Bonchev–Trinajstić information content (AvgIpc) is 2.98. The highest BCUT2D eigenvalue weighted by Crippen LogP contribution is 2.29. The zero-order chi connectivity index (χ0) is 16.7. The van der Waals surface area contributed by atoms with Crippen molar-refractivity contribution in [1.82, 2.24) is 9.55 Å². The van der Waals surface area contributed by atoms with Gasteiger partial charge < -0.3 is 9.72 Å². The maximum atomic E-state index is 13.0. The lowest BCUT2D eigenvalue weighted by Gasteiger charge is -2.10. The molecule has 2 aromatic carbocycles. The first-order chi connectivity index (χ1) is 11.7. The van der Waals surface area contributed by atoms with Crippen molar-refractivity contribution >= 4 is 38.7 Å². The zero-order valence-electron chi connectivity index (χ0n) is 13.2. The van der Waals surface area contributed by atoms with Gasteiger partial charge in [0.25, 0.3) is 5.56 Å². The first kappa shape index (κ1) is 14.5. The van der Waals surface area contributed by atoms with Crippen LogP contribution >= 0.6 is 0 Å². The molecule has 120 valence electrons. The SMILES string of the molecule is CCOC(=O)Cn1c(=O)c2ccccc2c2[nH]c3ccccc3c21. The van der Waals surface area contributed by atoms with Crippen LogP contribution in [0.25, 0.3) is 32.7 Å². The van der Waals surface area contributed by atoms with E-state index in [1.54, 1.807) is 13.0 Å². The summed E-state index contributed by atoms with van der Waals surface area (Å²) in [7, 11) is 0. The van der Waals surface area contributed by atoms with Crippen LogP contribution in [0.15, 0.2) is 53.3 Å². The summed E-state index contributed by atoms with van der Waals surface area (Å²) in [6, 6.07) is 15.2. The summed E-state index contributed by atoms with van der Waals surface area (Å²) in [5, 5.41) is 2.36. The van der Waals surface area contributed by atoms with E-state index in [1.807, 2.05) is 42.5 Å². The number of pyridine rings is 1. The Morgan fingerprint density at radius 1 is 1.04 bits per heavy atom. The first-order valence-electron chi connectivity index (χ1n) is 7.88. The van der Waals surface area contributed by atoms with Gasteiger partial charge in [-0.3, -0.25) is 14.2 Å². The highest BCUT2D eigenvalue weighted by molar-refractivity contribution is 6.15. The van der Waals surface area contributed by atoms with Gasteiger partial charge in [-0.05, 0) is 19.1 Å². The fraction of sp³-hybridized carbons (Fsp3) is 0.158. The standard InChI is InChI=1S/C19H16N2O3/c1-2-24-16(22)11-21-18-14-9-5-6-10-15(14)20-17(18)12-7-3-4-8-13(12)19(21)23/h3-10,20H,2,11H2,1H3. The molecule has 2 heterocycles. The number of nitrogens with one attached hydrogen (secondary N) is 1. The van der Waals surface area contributed by atoms with E-state index in [0.29, 0.717) is 5.39 Å². The number of benzene rings is 2. The van der Waals surface area contributed by atoms with Crippen molar-refractivity contribution < 1.29 is 9.53 Å². The number of ether oxygens (including phenoxy) is 1. The quantitative estimate of drug-likeness (QED) is 0.590. The third kappa shape index (κ3) is 2.09. The molecule has 5 heteroatoms. The second-order valence-corrected chi connectivity index (χ2v) is 5.64. The molecule has 0 aliphatic carbocycles. The molecule has 0 radical (unpaired) electrons. The van der Waals surface area contributed by atoms with Crippen molar-refractivity contribution in [2.75, 3.05) is 6.61 Å². The average molecular weight is 320 g/mol. The topological polar surface area (TPSA) is 64.1 Å². The number of nitrogens with zero attached hydrogens (tertiary/aromatic N) is 1. The fourth-order valence-corrected chi connectivity index (χ4v) is 3.22. The van der Waals surface area contributed by atoms with Gasteiger partial charge in [-0.15, -0.1) is 0 Å². The Balaban J connectivity index is 2.16. The van der Waals surface area contributed by atoms with Crippen LogP contribution in [0.5, 0.6) is 0 Å². The van der Waals surface area contributed by atoms with Crippen molar-refractivity contribution in [2.24, 2.45) is 0 Å². The Bertz CT molecular complexity index is 1140. The molecule has 0 atom stereocenters. The largest absolute Gasteiger partial charge is 0.465 e. The number of hydrogen-bond acceptors (Lipinski definition) is 3. The third-order valence-electron chi connectivity index (χ3n) is 4.21. The highest BCUT2D eigenvalue weighted by Gasteiger charge is 2.17. The summed E-state index contributed by atoms with van der Waals surface area (Å²) in [5.74, 6) is -0.415. The van der Waals surface area contributed by atoms with Crippen molar-refractivity contribution in [3.8, 4) is 0 Å². The summed E-state index contributed by atoms with van der Waals surface area (Å²) in [4.78, 5) is 28.4. The van der Waals surface area contributed by atoms with Crippen molar-refractivity contribution in [3.63, 3.8) is 0 Å². The van der Waals surface area contributed by atoms with Gasteiger partial charge in [0.2, 0.25) is 0 Å². The van der Waals surface area contributed by atoms with Crippen LogP contribution in [0.2, 0.25) is 0 Å². The summed E-state index contributed by atoms with van der Waals surface area (Å²) < 4.78 is 6.55. The molecule has 5 nitrogen and oxygen atoms in total. The van der Waals surface area contributed by atoms with E-state index in [0.717, 1.165) is 27.3 Å². The number of carbonyl (C=O) groups is 1. The van der Waals surface area contributed by atoms with Crippen molar-refractivity contribution in [3.05, 3.63) is 58.9 Å². The van der Waals surface area contributed by atoms with E-state index in [1.165, 1.54) is 4.57 Å². The third-order valence-corrected chi connectivity index (χ3v) is 4.21. The van der Waals surface area contributed by atoms with Gasteiger partial charge in [0, 0.05) is 21.7 Å². The zero-order valence-corrected chi connectivity index (χ0v) is 13.2. The van der Waals surface area contributed by atoms with Crippen LogP contribution in [0, 0.1) is 0 Å². The first-order valence-corrected chi connectivity index (χ1v) is 7.88. The second-order valence-electron chi connectivity index (χ2n) is 5.64. The Labute approximate surface area is 137 Å². The molecule has 1 N–H and O–H groups in total. The normalized spacial score (nSPS) is 11.4. The van der Waals surface area contributed by atoms with Crippen molar-refractivity contribution in [2.45, 2.75) is 13.5 Å². The Hall–Kier alpha value is -3.08. The molecule has 4 rings (SSSR count). The van der Waals surface area contributed by atoms with Crippen LogP contribution < -0.4 is 5.56 Å². The number of H-pyrrole nitrogens is 1. The minimum absolute atomic E-state index is 0.101. The molecular weight excluding hydrogens is 304 g/mol. The lowest BCUT2D eigenvalue weighted by atomic mass is 10.1. The van der Waals surface area contributed by atoms with Gasteiger partial charge in [-0.25, -0.2) is 0 Å². The fourth-order valence-electron chi connectivity index (χ4n) is 3.22. The Morgan fingerprint density at radius 3 is 2.46 bits per heavy atom. The molecule has 24 heavy (non-hydrogen) atoms. The molecule has 0 aliphatic heterocycles. The second kappa shape index (κ2) is 5.53.